The number of nitrogens with one attached hydrogen (secondary N) is 1. The van der Waals surface area contributed by atoms with Crippen molar-refractivity contribution >= 4 is 12.0 Å². The number of alkyl halides is 2. The van der Waals surface area contributed by atoms with Crippen LogP contribution in [0.5, 0.6) is 5.75 Å². The molecule has 3 heterocycles. The molecule has 10 heteroatoms. The molecule has 0 saturated carbocycles. The molecule has 0 bridgehead atoms. The molecular formula is C26H36F2N6O2. The molecule has 2 atom stereocenters. The Morgan fingerprint density at radius 3 is 2.33 bits per heavy atom. The maximum atomic E-state index is 13.0. The van der Waals surface area contributed by atoms with Crippen LogP contribution in [0.4, 0.5) is 19.5 Å². The average molecular weight is 503 g/mol. The van der Waals surface area contributed by atoms with Crippen LogP contribution in [-0.4, -0.2) is 77.2 Å². The molecule has 196 valence electrons. The summed E-state index contributed by atoms with van der Waals surface area (Å²) in [5.41, 5.74) is 1.36. The molecule has 2 aliphatic rings. The molecule has 8 nitrogen and oxygen atoms in total. The van der Waals surface area contributed by atoms with Gasteiger partial charge in [-0.3, -0.25) is 4.90 Å². The van der Waals surface area contributed by atoms with Crippen molar-refractivity contribution in [1.29, 1.82) is 0 Å². The molecule has 36 heavy (non-hydrogen) atoms. The first-order valence-corrected chi connectivity index (χ1v) is 12.7. The number of amides is 2. The Morgan fingerprint density at radius 2 is 1.72 bits per heavy atom. The highest BCUT2D eigenvalue weighted by atomic mass is 19.3. The van der Waals surface area contributed by atoms with Gasteiger partial charge in [0.2, 0.25) is 5.95 Å². The summed E-state index contributed by atoms with van der Waals surface area (Å²) in [5.74, 6) is 1.00. The molecule has 2 saturated heterocycles. The van der Waals surface area contributed by atoms with Crippen molar-refractivity contribution in [2.45, 2.75) is 58.3 Å². The molecule has 1 aromatic heterocycles. The third-order valence-corrected chi connectivity index (χ3v) is 7.06. The summed E-state index contributed by atoms with van der Waals surface area (Å²) < 4.78 is 29.0. The van der Waals surface area contributed by atoms with E-state index in [-0.39, 0.29) is 23.9 Å². The lowest BCUT2D eigenvalue weighted by molar-refractivity contribution is -0.0503. The van der Waals surface area contributed by atoms with Crippen molar-refractivity contribution < 1.29 is 18.3 Å². The van der Waals surface area contributed by atoms with Gasteiger partial charge < -0.3 is 19.9 Å². The number of piperazine rings is 1. The van der Waals surface area contributed by atoms with E-state index in [4.69, 9.17) is 0 Å². The van der Waals surface area contributed by atoms with Crippen molar-refractivity contribution in [3.63, 3.8) is 0 Å². The SMILES string of the molecule is C[C@@H]1CN(c2ncc(OC(F)F)cn2)C[C@@H](C)N1C(=O)NCCC1CCN(Cc2ccccc2)CC1. The van der Waals surface area contributed by atoms with E-state index in [1.807, 2.05) is 23.6 Å². The largest absolute Gasteiger partial charge is 0.432 e. The monoisotopic (exact) mass is 502 g/mol. The van der Waals surface area contributed by atoms with Gasteiger partial charge in [-0.15, -0.1) is 0 Å². The number of likely N-dealkylation sites (tertiary alicyclic amines) is 1. The van der Waals surface area contributed by atoms with Gasteiger partial charge in [0.1, 0.15) is 0 Å². The van der Waals surface area contributed by atoms with E-state index in [1.54, 1.807) is 0 Å². The highest BCUT2D eigenvalue weighted by molar-refractivity contribution is 5.75. The van der Waals surface area contributed by atoms with Crippen molar-refractivity contribution in [1.82, 2.24) is 25.1 Å². The molecule has 0 spiro atoms. The van der Waals surface area contributed by atoms with Crippen LogP contribution in [0, 0.1) is 5.92 Å². The topological polar surface area (TPSA) is 73.8 Å². The first-order chi connectivity index (χ1) is 17.4. The lowest BCUT2D eigenvalue weighted by atomic mass is 9.93. The summed E-state index contributed by atoms with van der Waals surface area (Å²) >= 11 is 0. The van der Waals surface area contributed by atoms with Crippen molar-refractivity contribution in [3.8, 4) is 5.75 Å². The number of nitrogens with zero attached hydrogens (tertiary/aromatic N) is 5. The van der Waals surface area contributed by atoms with Crippen LogP contribution in [0.15, 0.2) is 42.7 Å². The van der Waals surface area contributed by atoms with E-state index < -0.39 is 6.61 Å². The molecule has 0 aliphatic carbocycles. The minimum absolute atomic E-state index is 0.0437. The maximum Gasteiger partial charge on any atom is 0.387 e. The fraction of sp³-hybridized carbons (Fsp3) is 0.577. The van der Waals surface area contributed by atoms with E-state index >= 15 is 0 Å². The lowest BCUT2D eigenvalue weighted by Crippen LogP contribution is -2.61. The quantitative estimate of drug-likeness (QED) is 0.589. The molecule has 1 aromatic carbocycles. The van der Waals surface area contributed by atoms with Gasteiger partial charge in [-0.1, -0.05) is 30.3 Å². The van der Waals surface area contributed by atoms with Gasteiger partial charge in [0.15, 0.2) is 5.75 Å². The van der Waals surface area contributed by atoms with Gasteiger partial charge in [-0.05, 0) is 57.7 Å². The second-order valence-corrected chi connectivity index (χ2v) is 9.83. The molecule has 4 rings (SSSR count). The predicted molar refractivity (Wildman–Crippen MR) is 134 cm³/mol. The van der Waals surface area contributed by atoms with Gasteiger partial charge in [-0.25, -0.2) is 14.8 Å². The molecule has 2 aliphatic heterocycles. The number of piperidine rings is 1. The van der Waals surface area contributed by atoms with Gasteiger partial charge in [0.25, 0.3) is 0 Å². The second kappa shape index (κ2) is 12.3. The zero-order chi connectivity index (χ0) is 25.5. The van der Waals surface area contributed by atoms with Crippen LogP contribution in [0.2, 0.25) is 0 Å². The Morgan fingerprint density at radius 1 is 1.08 bits per heavy atom. The summed E-state index contributed by atoms with van der Waals surface area (Å²) in [5, 5.41) is 3.13. The number of halogens is 2. The number of aromatic nitrogens is 2. The molecule has 0 radical (unpaired) electrons. The van der Waals surface area contributed by atoms with Crippen molar-refractivity contribution in [2.24, 2.45) is 5.92 Å². The number of carbonyl (C=O) groups is 1. The van der Waals surface area contributed by atoms with Gasteiger partial charge in [0, 0.05) is 38.3 Å². The molecule has 2 fully saturated rings. The number of urea groups is 1. The van der Waals surface area contributed by atoms with Gasteiger partial charge >= 0.3 is 12.6 Å². The Balaban J connectivity index is 1.18. The number of anilines is 1. The van der Waals surface area contributed by atoms with E-state index in [1.165, 1.54) is 18.0 Å². The molecular weight excluding hydrogens is 466 g/mol. The summed E-state index contributed by atoms with van der Waals surface area (Å²) in [7, 11) is 0. The first-order valence-electron chi connectivity index (χ1n) is 12.7. The molecule has 1 N–H and O–H groups in total. The highest BCUT2D eigenvalue weighted by Crippen LogP contribution is 2.23. The molecule has 2 amide bonds. The number of ether oxygens (including phenoxy) is 1. The van der Waals surface area contributed by atoms with Gasteiger partial charge in [0.05, 0.1) is 12.4 Å². The highest BCUT2D eigenvalue weighted by Gasteiger charge is 2.34. The minimum Gasteiger partial charge on any atom is -0.432 e. The smallest absolute Gasteiger partial charge is 0.387 e. The number of hydrogen-bond donors (Lipinski definition) is 1. The summed E-state index contributed by atoms with van der Waals surface area (Å²) in [4.78, 5) is 27.7. The standard InChI is InChI=1S/C26H36F2N6O2/c1-19-16-33(25-30-14-23(15-31-25)36-24(27)28)17-20(2)34(19)26(35)29-11-8-21-9-12-32(13-10-21)18-22-6-4-3-5-7-22/h3-7,14-15,19-21,24H,8-13,16-18H2,1-2H3,(H,29,35)/t19-,20-/m1/s1. The normalized spacial score (nSPS) is 21.6. The molecule has 2 aromatic rings. The maximum absolute atomic E-state index is 13.0. The number of hydrogen-bond acceptors (Lipinski definition) is 6. The summed E-state index contributed by atoms with van der Waals surface area (Å²) in [6.07, 6.45) is 5.81. The fourth-order valence-corrected chi connectivity index (χ4v) is 5.27. The number of carbonyl (C=O) groups excluding carboxylic acids is 1. The van der Waals surface area contributed by atoms with E-state index in [2.05, 4.69) is 55.3 Å². The zero-order valence-corrected chi connectivity index (χ0v) is 21.0. The lowest BCUT2D eigenvalue weighted by Gasteiger charge is -2.44. The van der Waals surface area contributed by atoms with E-state index in [0.717, 1.165) is 38.9 Å². The zero-order valence-electron chi connectivity index (χ0n) is 21.0. The Bertz CT molecular complexity index is 945. The second-order valence-electron chi connectivity index (χ2n) is 9.83. The van der Waals surface area contributed by atoms with Crippen molar-refractivity contribution in [2.75, 3.05) is 37.6 Å². The first kappa shape index (κ1) is 26.1. The average Bonchev–Trinajstić information content (AvgIpc) is 2.85. The molecule has 0 unspecified atom stereocenters. The fourth-order valence-electron chi connectivity index (χ4n) is 5.27. The summed E-state index contributed by atoms with van der Waals surface area (Å²) in [6, 6.07) is 10.5. The van der Waals surface area contributed by atoms with Crippen LogP contribution < -0.4 is 15.0 Å². The van der Waals surface area contributed by atoms with Crippen LogP contribution in [0.3, 0.4) is 0 Å². The van der Waals surface area contributed by atoms with Crippen LogP contribution in [0.1, 0.15) is 38.7 Å². The summed E-state index contributed by atoms with van der Waals surface area (Å²) in [6.45, 7) is 6.09. The Hall–Kier alpha value is -3.01. The number of benzene rings is 1. The third-order valence-electron chi connectivity index (χ3n) is 7.06. The Labute approximate surface area is 211 Å². The van der Waals surface area contributed by atoms with E-state index in [9.17, 15) is 13.6 Å². The van der Waals surface area contributed by atoms with E-state index in [0.29, 0.717) is 31.5 Å². The van der Waals surface area contributed by atoms with Crippen LogP contribution in [-0.2, 0) is 6.54 Å². The van der Waals surface area contributed by atoms with Gasteiger partial charge in [-0.2, -0.15) is 8.78 Å². The predicted octanol–water partition coefficient (Wildman–Crippen LogP) is 3.99. The van der Waals surface area contributed by atoms with Crippen LogP contribution in [0.25, 0.3) is 0 Å². The number of rotatable bonds is 8. The minimum atomic E-state index is -2.91. The third kappa shape index (κ3) is 7.02. The Kier molecular flexibility index (Phi) is 8.90. The van der Waals surface area contributed by atoms with Crippen LogP contribution >= 0.6 is 0 Å². The van der Waals surface area contributed by atoms with Crippen molar-refractivity contribution in [3.05, 3.63) is 48.3 Å².